The number of thioether (sulfide) groups is 1. The van der Waals surface area contributed by atoms with Crippen LogP contribution in [0.5, 0.6) is 11.8 Å². The van der Waals surface area contributed by atoms with Crippen molar-refractivity contribution < 1.29 is 19.1 Å². The monoisotopic (exact) mass is 382 g/mol. The van der Waals surface area contributed by atoms with E-state index in [4.69, 9.17) is 9.47 Å². The highest BCUT2D eigenvalue weighted by molar-refractivity contribution is 7.98. The Morgan fingerprint density at radius 2 is 2.12 bits per heavy atom. The molecule has 2 amide bonds. The third-order valence-corrected chi connectivity index (χ3v) is 4.72. The Hall–Kier alpha value is -2.03. The lowest BCUT2D eigenvalue weighted by atomic mass is 10.1. The van der Waals surface area contributed by atoms with Crippen LogP contribution < -0.4 is 14.8 Å². The van der Waals surface area contributed by atoms with Gasteiger partial charge in [-0.1, -0.05) is 0 Å². The number of nitrogens with zero attached hydrogens (tertiary/aromatic N) is 3. The van der Waals surface area contributed by atoms with Gasteiger partial charge >= 0.3 is 0 Å². The van der Waals surface area contributed by atoms with Crippen LogP contribution in [0.15, 0.2) is 12.4 Å². The number of aromatic nitrogens is 2. The topological polar surface area (TPSA) is 93.7 Å². The molecular weight excluding hydrogens is 356 g/mol. The summed E-state index contributed by atoms with van der Waals surface area (Å²) in [5, 5.41) is 2.77. The third kappa shape index (κ3) is 5.76. The van der Waals surface area contributed by atoms with Crippen LogP contribution in [-0.4, -0.2) is 71.0 Å². The Kier molecular flexibility index (Phi) is 7.96. The van der Waals surface area contributed by atoms with Gasteiger partial charge in [-0.05, 0) is 31.3 Å². The predicted molar refractivity (Wildman–Crippen MR) is 99.4 cm³/mol. The second-order valence-corrected chi connectivity index (χ2v) is 7.06. The fourth-order valence-electron chi connectivity index (χ4n) is 2.88. The summed E-state index contributed by atoms with van der Waals surface area (Å²) in [5.74, 6) is 1.20. The maximum atomic E-state index is 12.9. The van der Waals surface area contributed by atoms with Crippen molar-refractivity contribution in [2.24, 2.45) is 0 Å². The summed E-state index contributed by atoms with van der Waals surface area (Å²) in [7, 11) is 1.51. The Labute approximate surface area is 158 Å². The van der Waals surface area contributed by atoms with Crippen LogP contribution in [-0.2, 0) is 9.59 Å². The molecule has 0 spiro atoms. The normalized spacial score (nSPS) is 18.1. The molecule has 1 aliphatic heterocycles. The van der Waals surface area contributed by atoms with Crippen molar-refractivity contribution in [1.82, 2.24) is 20.2 Å². The van der Waals surface area contributed by atoms with Gasteiger partial charge in [-0.2, -0.15) is 11.8 Å². The molecule has 9 heteroatoms. The van der Waals surface area contributed by atoms with Gasteiger partial charge in [0, 0.05) is 25.9 Å². The highest BCUT2D eigenvalue weighted by Gasteiger charge is 2.30. The van der Waals surface area contributed by atoms with E-state index in [0.29, 0.717) is 31.3 Å². The Morgan fingerprint density at radius 1 is 1.38 bits per heavy atom. The van der Waals surface area contributed by atoms with Crippen molar-refractivity contribution in [3.63, 3.8) is 0 Å². The van der Waals surface area contributed by atoms with Crippen LogP contribution in [0.4, 0.5) is 0 Å². The molecule has 2 heterocycles. The average Bonchev–Trinajstić information content (AvgIpc) is 2.65. The SMILES string of the molecule is COc1nccnc1OC1CCCN(C(=O)C(CCSC)NC(C)=O)C1. The van der Waals surface area contributed by atoms with Gasteiger partial charge in [0.25, 0.3) is 11.8 Å². The standard InChI is InChI=1S/C17H26N4O4S/c1-12(22)20-14(6-10-26-3)17(23)21-9-4-5-13(11-21)25-16-15(24-2)18-7-8-19-16/h7-8,13-14H,4-6,9-11H2,1-3H3,(H,20,22). The summed E-state index contributed by atoms with van der Waals surface area (Å²) in [6.45, 7) is 2.54. The summed E-state index contributed by atoms with van der Waals surface area (Å²) in [5.41, 5.74) is 0. The number of rotatable bonds is 8. The Bertz CT molecular complexity index is 616. The van der Waals surface area contributed by atoms with Gasteiger partial charge in [0.1, 0.15) is 12.1 Å². The molecule has 1 aromatic heterocycles. The molecule has 144 valence electrons. The molecule has 1 aromatic rings. The zero-order valence-electron chi connectivity index (χ0n) is 15.4. The first-order valence-electron chi connectivity index (χ1n) is 8.61. The van der Waals surface area contributed by atoms with E-state index in [0.717, 1.165) is 18.6 Å². The van der Waals surface area contributed by atoms with E-state index in [1.807, 2.05) is 6.26 Å². The van der Waals surface area contributed by atoms with E-state index in [1.54, 1.807) is 22.9 Å². The number of nitrogens with one attached hydrogen (secondary N) is 1. The van der Waals surface area contributed by atoms with Crippen LogP contribution in [0, 0.1) is 0 Å². The number of piperidine rings is 1. The lowest BCUT2D eigenvalue weighted by Gasteiger charge is -2.35. The van der Waals surface area contributed by atoms with Gasteiger partial charge in [-0.15, -0.1) is 0 Å². The van der Waals surface area contributed by atoms with Gasteiger partial charge in [-0.25, -0.2) is 9.97 Å². The number of likely N-dealkylation sites (tertiary alicyclic amines) is 1. The Balaban J connectivity index is 2.01. The highest BCUT2D eigenvalue weighted by atomic mass is 32.2. The first-order valence-corrected chi connectivity index (χ1v) is 10.0. The number of ether oxygens (including phenoxy) is 2. The molecule has 1 N–H and O–H groups in total. The smallest absolute Gasteiger partial charge is 0.278 e. The zero-order valence-corrected chi connectivity index (χ0v) is 16.3. The fourth-order valence-corrected chi connectivity index (χ4v) is 3.36. The van der Waals surface area contributed by atoms with Crippen molar-refractivity contribution in [3.8, 4) is 11.8 Å². The zero-order chi connectivity index (χ0) is 18.9. The predicted octanol–water partition coefficient (Wildman–Crippen LogP) is 1.11. The second-order valence-electron chi connectivity index (χ2n) is 6.07. The van der Waals surface area contributed by atoms with Crippen LogP contribution in [0.2, 0.25) is 0 Å². The minimum absolute atomic E-state index is 0.0614. The first-order chi connectivity index (χ1) is 12.5. The van der Waals surface area contributed by atoms with Gasteiger partial charge < -0.3 is 19.7 Å². The van der Waals surface area contributed by atoms with Crippen LogP contribution in [0.25, 0.3) is 0 Å². The lowest BCUT2D eigenvalue weighted by molar-refractivity contribution is -0.138. The number of amides is 2. The molecule has 1 saturated heterocycles. The molecule has 0 aliphatic carbocycles. The molecule has 0 saturated carbocycles. The number of carbonyl (C=O) groups is 2. The minimum Gasteiger partial charge on any atom is -0.477 e. The summed E-state index contributed by atoms with van der Waals surface area (Å²) in [6.07, 6.45) is 7.13. The van der Waals surface area contributed by atoms with Crippen molar-refractivity contribution in [2.45, 2.75) is 38.3 Å². The maximum Gasteiger partial charge on any atom is 0.278 e. The fraction of sp³-hybridized carbons (Fsp3) is 0.647. The van der Waals surface area contributed by atoms with Gasteiger partial charge in [0.05, 0.1) is 13.7 Å². The van der Waals surface area contributed by atoms with Crippen molar-refractivity contribution in [3.05, 3.63) is 12.4 Å². The quantitative estimate of drug-likeness (QED) is 0.720. The molecule has 2 unspecified atom stereocenters. The van der Waals surface area contributed by atoms with Crippen LogP contribution in [0.3, 0.4) is 0 Å². The number of methoxy groups -OCH3 is 1. The number of hydrogen-bond donors (Lipinski definition) is 1. The summed E-state index contributed by atoms with van der Waals surface area (Å²) >= 11 is 1.65. The van der Waals surface area contributed by atoms with E-state index in [1.165, 1.54) is 20.2 Å². The molecule has 26 heavy (non-hydrogen) atoms. The lowest BCUT2D eigenvalue weighted by Crippen LogP contribution is -2.53. The molecule has 1 aliphatic rings. The van der Waals surface area contributed by atoms with Crippen LogP contribution >= 0.6 is 11.8 Å². The largest absolute Gasteiger partial charge is 0.477 e. The van der Waals surface area contributed by atoms with Crippen molar-refractivity contribution in [2.75, 3.05) is 32.2 Å². The van der Waals surface area contributed by atoms with E-state index in [2.05, 4.69) is 15.3 Å². The van der Waals surface area contributed by atoms with Crippen LogP contribution in [0.1, 0.15) is 26.2 Å². The van der Waals surface area contributed by atoms with E-state index in [9.17, 15) is 9.59 Å². The minimum atomic E-state index is -0.496. The van der Waals surface area contributed by atoms with E-state index >= 15 is 0 Å². The third-order valence-electron chi connectivity index (χ3n) is 4.08. The summed E-state index contributed by atoms with van der Waals surface area (Å²) in [6, 6.07) is -0.496. The maximum absolute atomic E-state index is 12.9. The number of carbonyl (C=O) groups excluding carboxylic acids is 2. The first kappa shape index (κ1) is 20.3. The van der Waals surface area contributed by atoms with Crippen molar-refractivity contribution >= 4 is 23.6 Å². The van der Waals surface area contributed by atoms with E-state index in [-0.39, 0.29) is 17.9 Å². The number of hydrogen-bond acceptors (Lipinski definition) is 7. The molecule has 2 rings (SSSR count). The second kappa shape index (κ2) is 10.2. The van der Waals surface area contributed by atoms with Gasteiger partial charge in [0.15, 0.2) is 0 Å². The summed E-state index contributed by atoms with van der Waals surface area (Å²) in [4.78, 5) is 34.3. The highest BCUT2D eigenvalue weighted by Crippen LogP contribution is 2.24. The molecular formula is C17H26N4O4S. The van der Waals surface area contributed by atoms with Crippen molar-refractivity contribution in [1.29, 1.82) is 0 Å². The average molecular weight is 382 g/mol. The molecule has 1 fully saturated rings. The molecule has 0 bridgehead atoms. The molecule has 0 radical (unpaired) electrons. The molecule has 2 atom stereocenters. The Morgan fingerprint density at radius 3 is 2.77 bits per heavy atom. The molecule has 8 nitrogen and oxygen atoms in total. The molecule has 0 aromatic carbocycles. The van der Waals surface area contributed by atoms with Gasteiger partial charge in [0.2, 0.25) is 11.8 Å². The summed E-state index contributed by atoms with van der Waals surface area (Å²) < 4.78 is 11.1. The van der Waals surface area contributed by atoms with E-state index < -0.39 is 6.04 Å². The van der Waals surface area contributed by atoms with Gasteiger partial charge in [-0.3, -0.25) is 9.59 Å².